The molecule has 0 saturated carbocycles. The number of alkyl halides is 3. The van der Waals surface area contributed by atoms with Gasteiger partial charge >= 0.3 is 12.1 Å². The third-order valence-corrected chi connectivity index (χ3v) is 5.14. The summed E-state index contributed by atoms with van der Waals surface area (Å²) < 4.78 is 37.9. The fourth-order valence-corrected chi connectivity index (χ4v) is 3.43. The van der Waals surface area contributed by atoms with Crippen molar-refractivity contribution >= 4 is 17.8 Å². The van der Waals surface area contributed by atoms with E-state index in [4.69, 9.17) is 19.7 Å². The van der Waals surface area contributed by atoms with Gasteiger partial charge in [0.15, 0.2) is 0 Å². The molecule has 0 aliphatic heterocycles. The maximum absolute atomic E-state index is 12.5. The monoisotopic (exact) mass is 534 g/mol. The van der Waals surface area contributed by atoms with E-state index in [0.717, 1.165) is 12.2 Å². The van der Waals surface area contributed by atoms with E-state index in [9.17, 15) is 22.8 Å². The van der Waals surface area contributed by atoms with Crippen LogP contribution in [0.25, 0.3) is 0 Å². The lowest BCUT2D eigenvalue weighted by molar-refractivity contribution is -0.871. The number of quaternary nitrogens is 1. The van der Waals surface area contributed by atoms with Crippen molar-refractivity contribution in [1.29, 1.82) is 0 Å². The average Bonchev–Trinajstić information content (AvgIpc) is 2.76. The molecule has 0 heterocycles. The number of likely N-dealkylation sites (N-methyl/N-ethyl adjacent to an activating group) is 1. The lowest BCUT2D eigenvalue weighted by Gasteiger charge is -2.29. The molecule has 1 aromatic rings. The Morgan fingerprint density at radius 3 is 1.89 bits per heavy atom. The van der Waals surface area contributed by atoms with Crippen LogP contribution < -0.4 is 15.2 Å². The van der Waals surface area contributed by atoms with Crippen molar-refractivity contribution in [1.82, 2.24) is 5.32 Å². The number of aliphatic carboxylic acids is 2. The van der Waals surface area contributed by atoms with Crippen molar-refractivity contribution in [2.45, 2.75) is 76.9 Å². The Kier molecular flexibility index (Phi) is 16.3. The first-order valence-electron chi connectivity index (χ1n) is 12.5. The van der Waals surface area contributed by atoms with Crippen LogP contribution in [-0.4, -0.2) is 73.9 Å². The third-order valence-electron chi connectivity index (χ3n) is 5.14. The van der Waals surface area contributed by atoms with Crippen LogP contribution in [0.4, 0.5) is 13.2 Å². The molecule has 0 spiro atoms. The van der Waals surface area contributed by atoms with Crippen LogP contribution in [0.2, 0.25) is 0 Å². The van der Waals surface area contributed by atoms with Gasteiger partial charge in [0.25, 0.3) is 5.91 Å². The Morgan fingerprint density at radius 2 is 1.46 bits per heavy atom. The van der Waals surface area contributed by atoms with Gasteiger partial charge in [-0.1, -0.05) is 51.9 Å². The number of unbranched alkanes of at least 4 members (excludes halogenated alkanes) is 7. The molecule has 1 amide bonds. The van der Waals surface area contributed by atoms with E-state index in [1.54, 1.807) is 24.3 Å². The standard InChI is InChI=1S/C24H40N2O4.C2HF3O2/c1-5-6-7-8-9-10-11-12-17-30-22-15-13-20(14-16-22)24(29)25-21(18-23(27)28)19-26(2,3)4;3-2(4,5)1(6)7/h13-16,21H,5-12,17-19H2,1-4H3,(H-,25,27,28,29);(H,6,7). The molecule has 0 saturated heterocycles. The molecule has 11 heteroatoms. The predicted molar refractivity (Wildman–Crippen MR) is 132 cm³/mol. The molecule has 0 radical (unpaired) electrons. The van der Waals surface area contributed by atoms with Gasteiger partial charge in [0.2, 0.25) is 0 Å². The van der Waals surface area contributed by atoms with E-state index in [-0.39, 0.29) is 12.3 Å². The molecule has 37 heavy (non-hydrogen) atoms. The summed E-state index contributed by atoms with van der Waals surface area (Å²) >= 11 is 0. The van der Waals surface area contributed by atoms with Crippen molar-refractivity contribution in [3.63, 3.8) is 0 Å². The number of ether oxygens (including phenoxy) is 1. The summed E-state index contributed by atoms with van der Waals surface area (Å²) in [5.74, 6) is -3.43. The average molecular weight is 535 g/mol. The lowest BCUT2D eigenvalue weighted by Crippen LogP contribution is -2.49. The van der Waals surface area contributed by atoms with Gasteiger partial charge < -0.3 is 29.5 Å². The number of rotatable bonds is 16. The zero-order valence-electron chi connectivity index (χ0n) is 22.2. The quantitative estimate of drug-likeness (QED) is 0.246. The summed E-state index contributed by atoms with van der Waals surface area (Å²) in [7, 11) is 5.92. The topological polar surface area (TPSA) is 116 Å². The molecule has 8 nitrogen and oxygen atoms in total. The molecule has 212 valence electrons. The van der Waals surface area contributed by atoms with Crippen LogP contribution in [0, 0.1) is 0 Å². The number of carbonyl (C=O) groups excluding carboxylic acids is 2. The molecule has 0 fully saturated rings. The molecule has 2 N–H and O–H groups in total. The number of amides is 1. The minimum Gasteiger partial charge on any atom is -0.542 e. The van der Waals surface area contributed by atoms with Crippen molar-refractivity contribution < 1.29 is 47.0 Å². The van der Waals surface area contributed by atoms with Gasteiger partial charge in [-0.2, -0.15) is 13.2 Å². The Bertz CT molecular complexity index is 808. The third kappa shape index (κ3) is 19.0. The fraction of sp³-hybridized carbons (Fsp3) is 0.654. The highest BCUT2D eigenvalue weighted by Gasteiger charge is 2.28. The van der Waals surface area contributed by atoms with Gasteiger partial charge in [0.1, 0.15) is 11.7 Å². The smallest absolute Gasteiger partial charge is 0.430 e. The highest BCUT2D eigenvalue weighted by molar-refractivity contribution is 5.94. The van der Waals surface area contributed by atoms with E-state index in [2.05, 4.69) is 12.2 Å². The number of hydrogen-bond acceptors (Lipinski definition) is 5. The molecule has 0 bridgehead atoms. The van der Waals surface area contributed by atoms with E-state index in [0.29, 0.717) is 23.2 Å². The van der Waals surface area contributed by atoms with Gasteiger partial charge in [-0.15, -0.1) is 0 Å². The van der Waals surface area contributed by atoms with Crippen LogP contribution in [0.3, 0.4) is 0 Å². The molecule has 0 aromatic heterocycles. The fourth-order valence-electron chi connectivity index (χ4n) is 3.43. The van der Waals surface area contributed by atoms with E-state index in [1.807, 2.05) is 21.1 Å². The summed E-state index contributed by atoms with van der Waals surface area (Å²) in [6, 6.07) is 6.62. The predicted octanol–water partition coefficient (Wildman–Crippen LogP) is 3.78. The summed E-state index contributed by atoms with van der Waals surface area (Å²) in [6.45, 7) is 3.46. The van der Waals surface area contributed by atoms with Crippen LogP contribution >= 0.6 is 0 Å². The first-order chi connectivity index (χ1) is 17.2. The first-order valence-corrected chi connectivity index (χ1v) is 12.5. The minimum atomic E-state index is -5.19. The van der Waals surface area contributed by atoms with Crippen molar-refractivity contribution in [2.75, 3.05) is 34.3 Å². The lowest BCUT2D eigenvalue weighted by atomic mass is 10.1. The number of carboxylic acid groups (broad SMARTS) is 2. The molecule has 1 atom stereocenters. The van der Waals surface area contributed by atoms with Crippen LogP contribution in [0.1, 0.15) is 75.1 Å². The largest absolute Gasteiger partial charge is 0.542 e. The van der Waals surface area contributed by atoms with Crippen molar-refractivity contribution in [2.24, 2.45) is 0 Å². The maximum atomic E-state index is 12.5. The van der Waals surface area contributed by atoms with E-state index in [1.165, 1.54) is 44.9 Å². The number of benzene rings is 1. The van der Waals surface area contributed by atoms with Gasteiger partial charge in [-0.25, -0.2) is 0 Å². The second kappa shape index (κ2) is 17.6. The molecular formula is C26H41F3N2O6. The number of carbonyl (C=O) groups is 3. The van der Waals surface area contributed by atoms with Crippen LogP contribution in [0.5, 0.6) is 5.75 Å². The Morgan fingerprint density at radius 1 is 0.973 bits per heavy atom. The molecule has 1 rings (SSSR count). The molecular weight excluding hydrogens is 493 g/mol. The summed E-state index contributed by atoms with van der Waals surface area (Å²) in [5.41, 5.74) is 0.506. The van der Waals surface area contributed by atoms with Gasteiger partial charge in [0.05, 0.1) is 46.8 Å². The van der Waals surface area contributed by atoms with Crippen molar-refractivity contribution in [3.8, 4) is 5.75 Å². The summed E-state index contributed by atoms with van der Waals surface area (Å²) in [6.07, 6.45) is 4.81. The molecule has 1 unspecified atom stereocenters. The summed E-state index contributed by atoms with van der Waals surface area (Å²) in [5, 5.41) is 20.7. The van der Waals surface area contributed by atoms with Crippen LogP contribution in [0.15, 0.2) is 24.3 Å². The highest BCUT2D eigenvalue weighted by atomic mass is 19.4. The second-order valence-electron chi connectivity index (χ2n) is 9.87. The molecule has 0 aliphatic rings. The van der Waals surface area contributed by atoms with Crippen molar-refractivity contribution in [3.05, 3.63) is 29.8 Å². The number of nitrogens with zero attached hydrogens (tertiary/aromatic N) is 1. The molecule has 0 aliphatic carbocycles. The van der Waals surface area contributed by atoms with E-state index < -0.39 is 24.2 Å². The second-order valence-corrected chi connectivity index (χ2v) is 9.87. The van der Waals surface area contributed by atoms with Gasteiger partial charge in [-0.3, -0.25) is 9.59 Å². The number of hydrogen-bond donors (Lipinski definition) is 2. The number of nitrogens with one attached hydrogen (secondary N) is 1. The summed E-state index contributed by atoms with van der Waals surface area (Å²) in [4.78, 5) is 32.4. The van der Waals surface area contributed by atoms with E-state index >= 15 is 0 Å². The Labute approximate surface area is 217 Å². The zero-order chi connectivity index (χ0) is 28.5. The first kappa shape index (κ1) is 34.2. The maximum Gasteiger partial charge on any atom is 0.430 e. The minimum absolute atomic E-state index is 0.0962. The van der Waals surface area contributed by atoms with Gasteiger partial charge in [0, 0.05) is 5.56 Å². The Hall–Kier alpha value is -2.82. The highest BCUT2D eigenvalue weighted by Crippen LogP contribution is 2.15. The number of carboxylic acids is 2. The normalized spacial score (nSPS) is 12.2. The Balaban J connectivity index is 0.00000161. The van der Waals surface area contributed by atoms with Crippen LogP contribution in [-0.2, 0) is 9.59 Å². The zero-order valence-corrected chi connectivity index (χ0v) is 22.2. The molecule has 1 aromatic carbocycles. The number of halogens is 3. The SMILES string of the molecule is CCCCCCCCCCOc1ccc(C(=O)NC(CC(=O)O)C[N+](C)(C)C)cc1.O=C([O-])C(F)(F)F. The van der Waals surface area contributed by atoms with Gasteiger partial charge in [-0.05, 0) is 30.7 Å².